The number of ether oxygens (including phenoxy) is 1. The molecule has 1 atom stereocenters. The molecule has 2 aromatic rings. The first-order valence-electron chi connectivity index (χ1n) is 8.13. The Kier molecular flexibility index (Phi) is 5.92. The maximum absolute atomic E-state index is 13.2. The largest absolute Gasteiger partial charge is 0.451 e. The highest BCUT2D eigenvalue weighted by molar-refractivity contribution is 7.10. The molecule has 1 aliphatic heterocycles. The standard InChI is InChI=1S/C18H16FN3O4S/c19-12-5-3-11(4-6-12)17(14-2-1-9-27-14)20-16(24)10-26-18(25)13-7-8-15(23)22-21-13/h1-6,9,17H,7-8,10H2,(H,20,24)(H,22,23)/t17-/m1/s1. The summed E-state index contributed by atoms with van der Waals surface area (Å²) in [5.41, 5.74) is 2.97. The molecule has 2 N–H and O–H groups in total. The van der Waals surface area contributed by atoms with Crippen LogP contribution in [0.5, 0.6) is 0 Å². The lowest BCUT2D eigenvalue weighted by Gasteiger charge is -2.18. The summed E-state index contributed by atoms with van der Waals surface area (Å²) in [5.74, 6) is -1.90. The monoisotopic (exact) mass is 389 g/mol. The van der Waals surface area contributed by atoms with E-state index in [-0.39, 0.29) is 30.3 Å². The van der Waals surface area contributed by atoms with Crippen LogP contribution < -0.4 is 10.7 Å². The summed E-state index contributed by atoms with van der Waals surface area (Å²) in [6, 6.07) is 9.03. The fourth-order valence-corrected chi connectivity index (χ4v) is 3.27. The lowest BCUT2D eigenvalue weighted by Crippen LogP contribution is -2.35. The van der Waals surface area contributed by atoms with Crippen LogP contribution in [0.2, 0.25) is 0 Å². The van der Waals surface area contributed by atoms with Gasteiger partial charge in [-0.2, -0.15) is 5.10 Å². The van der Waals surface area contributed by atoms with Gasteiger partial charge in [0.15, 0.2) is 6.61 Å². The minimum absolute atomic E-state index is 0.0655. The molecule has 0 radical (unpaired) electrons. The summed E-state index contributed by atoms with van der Waals surface area (Å²) < 4.78 is 18.1. The summed E-state index contributed by atoms with van der Waals surface area (Å²) in [6.45, 7) is -0.491. The normalized spacial score (nSPS) is 14.7. The van der Waals surface area contributed by atoms with E-state index in [0.29, 0.717) is 5.56 Å². The maximum atomic E-state index is 13.2. The molecule has 1 aromatic heterocycles. The Morgan fingerprint density at radius 3 is 2.67 bits per heavy atom. The second-order valence-electron chi connectivity index (χ2n) is 5.74. The van der Waals surface area contributed by atoms with Gasteiger partial charge in [0.25, 0.3) is 5.91 Å². The van der Waals surface area contributed by atoms with Crippen molar-refractivity contribution in [2.45, 2.75) is 18.9 Å². The number of nitrogens with zero attached hydrogens (tertiary/aromatic N) is 1. The van der Waals surface area contributed by atoms with Crippen LogP contribution in [0.1, 0.15) is 29.3 Å². The minimum Gasteiger partial charge on any atom is -0.451 e. The van der Waals surface area contributed by atoms with E-state index in [4.69, 9.17) is 4.74 Å². The number of hydrazone groups is 1. The number of hydrogen-bond donors (Lipinski definition) is 2. The fourth-order valence-electron chi connectivity index (χ4n) is 2.47. The van der Waals surface area contributed by atoms with Crippen LogP contribution in [0.15, 0.2) is 46.9 Å². The molecule has 2 amide bonds. The van der Waals surface area contributed by atoms with Crippen molar-refractivity contribution in [1.82, 2.24) is 10.7 Å². The highest BCUT2D eigenvalue weighted by atomic mass is 32.1. The van der Waals surface area contributed by atoms with Gasteiger partial charge < -0.3 is 10.1 Å². The molecule has 0 unspecified atom stereocenters. The molecule has 1 aliphatic rings. The maximum Gasteiger partial charge on any atom is 0.355 e. The number of halogens is 1. The van der Waals surface area contributed by atoms with Crippen molar-refractivity contribution in [2.24, 2.45) is 5.10 Å². The molecular formula is C18H16FN3O4S. The molecule has 7 nitrogen and oxygen atoms in total. The number of carbonyl (C=O) groups is 3. The molecule has 0 saturated heterocycles. The number of amides is 2. The highest BCUT2D eigenvalue weighted by Crippen LogP contribution is 2.26. The molecule has 0 saturated carbocycles. The Hall–Kier alpha value is -3.07. The predicted molar refractivity (Wildman–Crippen MR) is 96.5 cm³/mol. The summed E-state index contributed by atoms with van der Waals surface area (Å²) >= 11 is 1.44. The van der Waals surface area contributed by atoms with Crippen molar-refractivity contribution in [3.8, 4) is 0 Å². The van der Waals surface area contributed by atoms with Crippen molar-refractivity contribution in [1.29, 1.82) is 0 Å². The van der Waals surface area contributed by atoms with Crippen molar-refractivity contribution < 1.29 is 23.5 Å². The molecule has 1 aromatic carbocycles. The Morgan fingerprint density at radius 2 is 2.04 bits per heavy atom. The first-order valence-corrected chi connectivity index (χ1v) is 9.01. The van der Waals surface area contributed by atoms with Crippen LogP contribution in [0.25, 0.3) is 0 Å². The summed E-state index contributed by atoms with van der Waals surface area (Å²) in [7, 11) is 0. The third-order valence-corrected chi connectivity index (χ3v) is 4.75. The third kappa shape index (κ3) is 4.98. The quantitative estimate of drug-likeness (QED) is 0.738. The summed E-state index contributed by atoms with van der Waals surface area (Å²) in [6.07, 6.45) is 0.310. The molecule has 0 bridgehead atoms. The number of thiophene rings is 1. The second-order valence-corrected chi connectivity index (χ2v) is 6.72. The Morgan fingerprint density at radius 1 is 1.26 bits per heavy atom. The van der Waals surface area contributed by atoms with E-state index in [1.54, 1.807) is 12.1 Å². The lowest BCUT2D eigenvalue weighted by atomic mass is 10.1. The molecule has 140 valence electrons. The molecule has 27 heavy (non-hydrogen) atoms. The van der Waals surface area contributed by atoms with Crippen molar-refractivity contribution in [2.75, 3.05) is 6.61 Å². The van der Waals surface area contributed by atoms with Gasteiger partial charge in [0.05, 0.1) is 6.04 Å². The highest BCUT2D eigenvalue weighted by Gasteiger charge is 2.22. The molecule has 9 heteroatoms. The van der Waals surface area contributed by atoms with Crippen molar-refractivity contribution in [3.63, 3.8) is 0 Å². The van der Waals surface area contributed by atoms with Crippen molar-refractivity contribution in [3.05, 3.63) is 58.0 Å². The number of hydrogen-bond acceptors (Lipinski definition) is 6. The van der Waals surface area contributed by atoms with E-state index in [1.165, 1.54) is 23.5 Å². The van der Waals surface area contributed by atoms with E-state index in [2.05, 4.69) is 15.8 Å². The zero-order chi connectivity index (χ0) is 19.2. The molecule has 3 rings (SSSR count). The van der Waals surface area contributed by atoms with E-state index in [9.17, 15) is 18.8 Å². The van der Waals surface area contributed by atoms with Gasteiger partial charge >= 0.3 is 5.97 Å². The molecule has 0 aliphatic carbocycles. The number of nitrogens with one attached hydrogen (secondary N) is 2. The SMILES string of the molecule is O=C1CCC(C(=O)OCC(=O)N[C@H](c2ccc(F)cc2)c2cccs2)=NN1. The predicted octanol–water partition coefficient (Wildman–Crippen LogP) is 1.90. The van der Waals surface area contributed by atoms with Crippen LogP contribution >= 0.6 is 11.3 Å². The Bertz CT molecular complexity index is 865. The van der Waals surface area contributed by atoms with Gasteiger partial charge in [-0.1, -0.05) is 18.2 Å². The Labute approximate surface area is 158 Å². The Balaban J connectivity index is 1.62. The third-order valence-electron chi connectivity index (χ3n) is 3.81. The average Bonchev–Trinajstić information content (AvgIpc) is 3.20. The van der Waals surface area contributed by atoms with Gasteiger partial charge in [0, 0.05) is 17.7 Å². The summed E-state index contributed by atoms with van der Waals surface area (Å²) in [4.78, 5) is 36.1. The molecule has 2 heterocycles. The first-order chi connectivity index (χ1) is 13.0. The van der Waals surface area contributed by atoms with Crippen LogP contribution in [0.3, 0.4) is 0 Å². The molecule has 0 spiro atoms. The van der Waals surface area contributed by atoms with E-state index in [0.717, 1.165) is 4.88 Å². The molecule has 0 fully saturated rings. The van der Waals surface area contributed by atoms with Crippen LogP contribution in [-0.4, -0.2) is 30.1 Å². The zero-order valence-electron chi connectivity index (χ0n) is 14.1. The van der Waals surface area contributed by atoms with Crippen molar-refractivity contribution >= 4 is 34.8 Å². The van der Waals surface area contributed by atoms with Crippen LogP contribution in [0, 0.1) is 5.82 Å². The van der Waals surface area contributed by atoms with Gasteiger partial charge in [-0.05, 0) is 29.1 Å². The number of carbonyl (C=O) groups excluding carboxylic acids is 3. The molecular weight excluding hydrogens is 373 g/mol. The van der Waals surface area contributed by atoms with Gasteiger partial charge in [-0.3, -0.25) is 9.59 Å². The number of rotatable bonds is 6. The zero-order valence-corrected chi connectivity index (χ0v) is 14.9. The topological polar surface area (TPSA) is 96.9 Å². The van der Waals surface area contributed by atoms with Crippen LogP contribution in [-0.2, 0) is 19.1 Å². The average molecular weight is 389 g/mol. The van der Waals surface area contributed by atoms with E-state index < -0.39 is 24.5 Å². The second kappa shape index (κ2) is 8.54. The van der Waals surface area contributed by atoms with Gasteiger partial charge in [0.2, 0.25) is 5.91 Å². The number of benzene rings is 1. The lowest BCUT2D eigenvalue weighted by molar-refractivity contribution is -0.142. The summed E-state index contributed by atoms with van der Waals surface area (Å²) in [5, 5.41) is 8.27. The minimum atomic E-state index is -0.750. The van der Waals surface area contributed by atoms with Gasteiger partial charge in [-0.25, -0.2) is 14.6 Å². The first kappa shape index (κ1) is 18.7. The fraction of sp³-hybridized carbons (Fsp3) is 0.222. The smallest absolute Gasteiger partial charge is 0.355 e. The van der Waals surface area contributed by atoms with Gasteiger partial charge in [0.1, 0.15) is 11.5 Å². The van der Waals surface area contributed by atoms with Gasteiger partial charge in [-0.15, -0.1) is 11.3 Å². The number of esters is 1. The van der Waals surface area contributed by atoms with E-state index >= 15 is 0 Å². The van der Waals surface area contributed by atoms with E-state index in [1.807, 2.05) is 17.5 Å². The van der Waals surface area contributed by atoms with Crippen LogP contribution in [0.4, 0.5) is 4.39 Å².